The Labute approximate surface area is 125 Å². The van der Waals surface area contributed by atoms with Crippen LogP contribution in [0.5, 0.6) is 0 Å². The summed E-state index contributed by atoms with van der Waals surface area (Å²) in [6.45, 7) is 0.877. The maximum absolute atomic E-state index is 11.7. The number of esters is 1. The van der Waals surface area contributed by atoms with Crippen LogP contribution in [0.15, 0.2) is 18.3 Å². The molecule has 3 rings (SSSR count). The molecule has 3 heterocycles. The van der Waals surface area contributed by atoms with Crippen molar-refractivity contribution in [2.24, 2.45) is 5.92 Å². The van der Waals surface area contributed by atoms with E-state index in [0.29, 0.717) is 17.3 Å². The highest BCUT2D eigenvalue weighted by atomic mass is 16.5. The standard InChI is InChI=1S/C16H23N3O2/c1-19-12-5-6-13(19)9-11(8-12)10-18-15-14(16(20)21-2)4-3-7-17-15/h3-4,7,11-13H,5-6,8-10H2,1-2H3,(H,17,18). The number of nitrogens with zero attached hydrogens (tertiary/aromatic N) is 2. The van der Waals surface area contributed by atoms with Crippen LogP contribution in [0.2, 0.25) is 0 Å². The van der Waals surface area contributed by atoms with Gasteiger partial charge in [-0.1, -0.05) is 0 Å². The number of rotatable bonds is 4. The number of carbonyl (C=O) groups is 1. The number of methoxy groups -OCH3 is 1. The lowest BCUT2D eigenvalue weighted by Crippen LogP contribution is -2.41. The van der Waals surface area contributed by atoms with Crippen LogP contribution in [-0.4, -0.2) is 48.6 Å². The van der Waals surface area contributed by atoms with Crippen LogP contribution < -0.4 is 5.32 Å². The van der Waals surface area contributed by atoms with Gasteiger partial charge >= 0.3 is 5.97 Å². The molecule has 1 aromatic heterocycles. The van der Waals surface area contributed by atoms with Crippen molar-refractivity contribution in [1.82, 2.24) is 9.88 Å². The number of pyridine rings is 1. The summed E-state index contributed by atoms with van der Waals surface area (Å²) in [7, 11) is 3.65. The molecule has 1 N–H and O–H groups in total. The molecule has 2 saturated heterocycles. The average molecular weight is 289 g/mol. The minimum atomic E-state index is -0.339. The molecule has 2 unspecified atom stereocenters. The summed E-state index contributed by atoms with van der Waals surface area (Å²) in [6.07, 6.45) is 6.83. The fraction of sp³-hybridized carbons (Fsp3) is 0.625. The molecule has 2 aliphatic heterocycles. The number of carbonyl (C=O) groups excluding carboxylic acids is 1. The zero-order valence-electron chi connectivity index (χ0n) is 12.7. The Hall–Kier alpha value is -1.62. The van der Waals surface area contributed by atoms with E-state index in [2.05, 4.69) is 22.2 Å². The number of ether oxygens (including phenoxy) is 1. The highest BCUT2D eigenvalue weighted by Crippen LogP contribution is 2.37. The highest BCUT2D eigenvalue weighted by molar-refractivity contribution is 5.94. The number of fused-ring (bicyclic) bond motifs is 2. The normalized spacial score (nSPS) is 28.4. The third-order valence-corrected chi connectivity index (χ3v) is 4.97. The lowest BCUT2D eigenvalue weighted by atomic mass is 9.91. The number of nitrogens with one attached hydrogen (secondary N) is 1. The second-order valence-corrected chi connectivity index (χ2v) is 6.16. The van der Waals surface area contributed by atoms with Gasteiger partial charge in [0.05, 0.1) is 7.11 Å². The SMILES string of the molecule is COC(=O)c1cccnc1NCC1CC2CCC(C1)N2C. The molecule has 0 amide bonds. The Morgan fingerprint density at radius 2 is 2.14 bits per heavy atom. The molecule has 0 radical (unpaired) electrons. The Kier molecular flexibility index (Phi) is 4.10. The molecule has 114 valence electrons. The van der Waals surface area contributed by atoms with Crippen LogP contribution in [0, 0.1) is 5.92 Å². The fourth-order valence-electron chi connectivity index (χ4n) is 3.75. The van der Waals surface area contributed by atoms with E-state index in [1.54, 1.807) is 18.3 Å². The maximum Gasteiger partial charge on any atom is 0.341 e. The van der Waals surface area contributed by atoms with Gasteiger partial charge in [-0.25, -0.2) is 9.78 Å². The van der Waals surface area contributed by atoms with E-state index in [0.717, 1.165) is 18.6 Å². The van der Waals surface area contributed by atoms with Crippen LogP contribution in [0.1, 0.15) is 36.0 Å². The number of aromatic nitrogens is 1. The van der Waals surface area contributed by atoms with Crippen molar-refractivity contribution in [2.75, 3.05) is 26.0 Å². The third-order valence-electron chi connectivity index (χ3n) is 4.97. The van der Waals surface area contributed by atoms with Crippen molar-refractivity contribution in [3.05, 3.63) is 23.9 Å². The summed E-state index contributed by atoms with van der Waals surface area (Å²) >= 11 is 0. The summed E-state index contributed by atoms with van der Waals surface area (Å²) in [4.78, 5) is 18.6. The number of hydrogen-bond acceptors (Lipinski definition) is 5. The van der Waals surface area contributed by atoms with E-state index >= 15 is 0 Å². The third kappa shape index (κ3) is 2.88. The second kappa shape index (κ2) is 6.02. The van der Waals surface area contributed by atoms with Gasteiger partial charge in [-0.15, -0.1) is 0 Å². The van der Waals surface area contributed by atoms with Gasteiger partial charge in [0.1, 0.15) is 11.4 Å². The van der Waals surface area contributed by atoms with E-state index in [4.69, 9.17) is 4.74 Å². The molecular formula is C16H23N3O2. The molecule has 2 aliphatic rings. The predicted octanol–water partition coefficient (Wildman–Crippen LogP) is 2.15. The molecule has 1 aromatic rings. The van der Waals surface area contributed by atoms with E-state index in [9.17, 15) is 4.79 Å². The molecule has 21 heavy (non-hydrogen) atoms. The summed E-state index contributed by atoms with van der Waals surface area (Å²) in [5.41, 5.74) is 0.510. The first kappa shape index (κ1) is 14.3. The smallest absolute Gasteiger partial charge is 0.341 e. The molecule has 5 nitrogen and oxygen atoms in total. The van der Waals surface area contributed by atoms with E-state index in [1.807, 2.05) is 0 Å². The molecule has 0 saturated carbocycles. The van der Waals surface area contributed by atoms with Crippen molar-refractivity contribution in [3.8, 4) is 0 Å². The fourth-order valence-corrected chi connectivity index (χ4v) is 3.75. The number of anilines is 1. The largest absolute Gasteiger partial charge is 0.465 e. The predicted molar refractivity (Wildman–Crippen MR) is 81.4 cm³/mol. The van der Waals surface area contributed by atoms with Crippen molar-refractivity contribution in [2.45, 2.75) is 37.8 Å². The minimum Gasteiger partial charge on any atom is -0.465 e. The maximum atomic E-state index is 11.7. The average Bonchev–Trinajstić information content (AvgIpc) is 2.74. The molecular weight excluding hydrogens is 266 g/mol. The van der Waals surface area contributed by atoms with Gasteiger partial charge in [0.25, 0.3) is 0 Å². The van der Waals surface area contributed by atoms with E-state index in [-0.39, 0.29) is 5.97 Å². The highest BCUT2D eigenvalue weighted by Gasteiger charge is 2.38. The monoisotopic (exact) mass is 289 g/mol. The first-order chi connectivity index (χ1) is 10.2. The first-order valence-corrected chi connectivity index (χ1v) is 7.68. The molecule has 2 fully saturated rings. The van der Waals surface area contributed by atoms with Crippen LogP contribution in [-0.2, 0) is 4.74 Å². The van der Waals surface area contributed by atoms with Gasteiger partial charge in [0.15, 0.2) is 0 Å². The van der Waals surface area contributed by atoms with Crippen LogP contribution >= 0.6 is 0 Å². The first-order valence-electron chi connectivity index (χ1n) is 7.68. The lowest BCUT2D eigenvalue weighted by Gasteiger charge is -2.36. The molecule has 2 bridgehead atoms. The summed E-state index contributed by atoms with van der Waals surface area (Å²) in [5, 5.41) is 3.35. The van der Waals surface area contributed by atoms with Crippen molar-refractivity contribution in [1.29, 1.82) is 0 Å². The summed E-state index contributed by atoms with van der Waals surface area (Å²) in [6, 6.07) is 4.98. The number of hydrogen-bond donors (Lipinski definition) is 1. The Balaban J connectivity index is 1.62. The lowest BCUT2D eigenvalue weighted by molar-refractivity contribution is 0.0601. The van der Waals surface area contributed by atoms with Gasteiger partial charge in [-0.2, -0.15) is 0 Å². The second-order valence-electron chi connectivity index (χ2n) is 6.16. The van der Waals surface area contributed by atoms with E-state index < -0.39 is 0 Å². The Morgan fingerprint density at radius 1 is 1.43 bits per heavy atom. The quantitative estimate of drug-likeness (QED) is 0.861. The number of piperidine rings is 1. The van der Waals surface area contributed by atoms with Crippen LogP contribution in [0.4, 0.5) is 5.82 Å². The Morgan fingerprint density at radius 3 is 2.81 bits per heavy atom. The molecule has 2 atom stereocenters. The molecule has 0 aromatic carbocycles. The van der Waals surface area contributed by atoms with E-state index in [1.165, 1.54) is 32.8 Å². The molecule has 0 aliphatic carbocycles. The van der Waals surface area contributed by atoms with Gasteiger partial charge in [-0.3, -0.25) is 0 Å². The summed E-state index contributed by atoms with van der Waals surface area (Å²) in [5.74, 6) is 0.955. The van der Waals surface area contributed by atoms with Crippen LogP contribution in [0.3, 0.4) is 0 Å². The Bertz CT molecular complexity index is 506. The topological polar surface area (TPSA) is 54.5 Å². The minimum absolute atomic E-state index is 0.339. The van der Waals surface area contributed by atoms with Gasteiger partial charge in [0, 0.05) is 24.8 Å². The summed E-state index contributed by atoms with van der Waals surface area (Å²) < 4.78 is 4.80. The molecule has 5 heteroatoms. The zero-order chi connectivity index (χ0) is 14.8. The van der Waals surface area contributed by atoms with Gasteiger partial charge in [0.2, 0.25) is 0 Å². The van der Waals surface area contributed by atoms with Crippen molar-refractivity contribution >= 4 is 11.8 Å². The van der Waals surface area contributed by atoms with Gasteiger partial charge in [-0.05, 0) is 50.8 Å². The van der Waals surface area contributed by atoms with Crippen LogP contribution in [0.25, 0.3) is 0 Å². The zero-order valence-corrected chi connectivity index (χ0v) is 12.7. The molecule has 0 spiro atoms. The van der Waals surface area contributed by atoms with Crippen molar-refractivity contribution < 1.29 is 9.53 Å². The van der Waals surface area contributed by atoms with Gasteiger partial charge < -0.3 is 15.0 Å². The van der Waals surface area contributed by atoms with Crippen molar-refractivity contribution in [3.63, 3.8) is 0 Å².